The van der Waals surface area contributed by atoms with Gasteiger partial charge >= 0.3 is 11.9 Å². The van der Waals surface area contributed by atoms with Crippen molar-refractivity contribution >= 4 is 17.6 Å². The Bertz CT molecular complexity index is 1420. The summed E-state index contributed by atoms with van der Waals surface area (Å²) < 4.78 is 11.3. The number of esters is 2. The zero-order valence-electron chi connectivity index (χ0n) is 22.4. The van der Waals surface area contributed by atoms with Crippen LogP contribution in [0.15, 0.2) is 97.1 Å². The van der Waals surface area contributed by atoms with E-state index in [0.717, 1.165) is 22.4 Å². The number of aryl methyl sites for hydroxylation is 2. The molecule has 1 N–H and O–H groups in total. The number of hydrogen-bond acceptors (Lipinski definition) is 5. The first-order valence-electron chi connectivity index (χ1n) is 13.4. The first kappa shape index (κ1) is 26.2. The minimum absolute atomic E-state index is 0.0185. The van der Waals surface area contributed by atoms with Gasteiger partial charge in [-0.15, -0.1) is 0 Å². The number of rotatable bonds is 10. The third kappa shape index (κ3) is 6.20. The third-order valence-electron chi connectivity index (χ3n) is 7.19. The van der Waals surface area contributed by atoms with Gasteiger partial charge in [-0.2, -0.15) is 0 Å². The van der Waals surface area contributed by atoms with Crippen LogP contribution >= 0.6 is 0 Å². The van der Waals surface area contributed by atoms with Gasteiger partial charge in [-0.05, 0) is 65.3 Å². The van der Waals surface area contributed by atoms with Gasteiger partial charge in [0.05, 0.1) is 0 Å². The predicted molar refractivity (Wildman–Crippen MR) is 154 cm³/mol. The average molecular weight is 520 g/mol. The second kappa shape index (κ2) is 12.0. The van der Waals surface area contributed by atoms with Gasteiger partial charge in [0.2, 0.25) is 0 Å². The molecular formula is C34H33NO4. The highest BCUT2D eigenvalue weighted by atomic mass is 16.5. The van der Waals surface area contributed by atoms with Crippen LogP contribution in [0.3, 0.4) is 0 Å². The van der Waals surface area contributed by atoms with Crippen molar-refractivity contribution in [3.05, 3.63) is 125 Å². The summed E-state index contributed by atoms with van der Waals surface area (Å²) in [5, 5.41) is 3.32. The molecule has 4 aromatic rings. The van der Waals surface area contributed by atoms with Crippen LogP contribution < -0.4 is 5.32 Å². The molecule has 1 aliphatic carbocycles. The molecule has 1 unspecified atom stereocenters. The maximum atomic E-state index is 13.1. The Balaban J connectivity index is 1.18. The molecule has 5 rings (SSSR count). The summed E-state index contributed by atoms with van der Waals surface area (Å²) in [5.74, 6) is -0.550. The number of hydrogen-bond donors (Lipinski definition) is 1. The molecule has 0 spiro atoms. The number of carbonyl (C=O) groups excluding carboxylic acids is 2. The van der Waals surface area contributed by atoms with E-state index in [2.05, 4.69) is 29.6 Å². The van der Waals surface area contributed by atoms with E-state index in [0.29, 0.717) is 6.42 Å². The monoisotopic (exact) mass is 519 g/mol. The Labute approximate surface area is 229 Å². The van der Waals surface area contributed by atoms with Crippen molar-refractivity contribution in [1.82, 2.24) is 0 Å². The van der Waals surface area contributed by atoms with E-state index in [1.54, 1.807) is 6.92 Å². The molecule has 0 fully saturated rings. The second-order valence-corrected chi connectivity index (χ2v) is 10.0. The van der Waals surface area contributed by atoms with Crippen LogP contribution in [0.25, 0.3) is 11.1 Å². The number of anilines is 1. The van der Waals surface area contributed by atoms with Crippen molar-refractivity contribution in [2.24, 2.45) is 0 Å². The zero-order valence-corrected chi connectivity index (χ0v) is 22.4. The molecule has 0 radical (unpaired) electrons. The molecule has 0 bridgehead atoms. The fourth-order valence-corrected chi connectivity index (χ4v) is 5.11. The molecule has 198 valence electrons. The topological polar surface area (TPSA) is 64.6 Å². The summed E-state index contributed by atoms with van der Waals surface area (Å²) >= 11 is 0. The molecule has 39 heavy (non-hydrogen) atoms. The first-order chi connectivity index (χ1) is 19.0. The van der Waals surface area contributed by atoms with Gasteiger partial charge in [0.15, 0.2) is 0 Å². The molecule has 0 aliphatic heterocycles. The van der Waals surface area contributed by atoms with Crippen molar-refractivity contribution in [2.75, 3.05) is 11.9 Å². The number of carbonyl (C=O) groups is 2. The van der Waals surface area contributed by atoms with Gasteiger partial charge in [0.1, 0.15) is 19.3 Å². The van der Waals surface area contributed by atoms with Crippen LogP contribution in [-0.4, -0.2) is 24.6 Å². The zero-order chi connectivity index (χ0) is 27.2. The van der Waals surface area contributed by atoms with Gasteiger partial charge in [-0.3, -0.25) is 4.79 Å². The van der Waals surface area contributed by atoms with Crippen LogP contribution in [-0.2, 0) is 32.1 Å². The second-order valence-electron chi connectivity index (χ2n) is 10.0. The number of benzene rings is 4. The Hall–Kier alpha value is -4.38. The van der Waals surface area contributed by atoms with E-state index in [-0.39, 0.29) is 37.5 Å². The number of ether oxygens (including phenoxy) is 2. The van der Waals surface area contributed by atoms with Crippen molar-refractivity contribution in [2.45, 2.75) is 45.3 Å². The molecule has 0 aromatic heterocycles. The fourth-order valence-electron chi connectivity index (χ4n) is 5.11. The predicted octanol–water partition coefficient (Wildman–Crippen LogP) is 6.83. The maximum Gasteiger partial charge on any atom is 0.328 e. The molecule has 5 heteroatoms. The van der Waals surface area contributed by atoms with E-state index in [1.165, 1.54) is 22.3 Å². The highest BCUT2D eigenvalue weighted by molar-refractivity contribution is 5.81. The standard InChI is InChI=1S/C34H33NO4/c1-23-16-17-26(18-19-33(36)38-21-25-10-4-3-5-11-25)32(20-23)35-24(2)34(37)39-22-31-29-14-8-6-12-27(29)28-13-7-9-15-30(28)31/h3-17,20,24,31,35H,18-19,21-22H2,1-2H3. The van der Waals surface area contributed by atoms with Gasteiger partial charge < -0.3 is 14.8 Å². The number of nitrogens with one attached hydrogen (secondary N) is 1. The van der Waals surface area contributed by atoms with Gasteiger partial charge in [-0.25, -0.2) is 4.79 Å². The minimum Gasteiger partial charge on any atom is -0.463 e. The molecule has 0 heterocycles. The molecule has 0 saturated carbocycles. The van der Waals surface area contributed by atoms with E-state index >= 15 is 0 Å². The average Bonchev–Trinajstić information content (AvgIpc) is 3.28. The van der Waals surface area contributed by atoms with Gasteiger partial charge in [0.25, 0.3) is 0 Å². The fraction of sp³-hybridized carbons (Fsp3) is 0.235. The Morgan fingerprint density at radius 2 is 1.46 bits per heavy atom. The molecule has 5 nitrogen and oxygen atoms in total. The first-order valence-corrected chi connectivity index (χ1v) is 13.4. The van der Waals surface area contributed by atoms with Crippen molar-refractivity contribution in [3.8, 4) is 11.1 Å². The molecule has 0 amide bonds. The largest absolute Gasteiger partial charge is 0.463 e. The lowest BCUT2D eigenvalue weighted by Gasteiger charge is -2.20. The Morgan fingerprint density at radius 1 is 0.821 bits per heavy atom. The summed E-state index contributed by atoms with van der Waals surface area (Å²) in [7, 11) is 0. The van der Waals surface area contributed by atoms with Crippen LogP contribution in [0, 0.1) is 6.92 Å². The molecular weight excluding hydrogens is 486 g/mol. The molecule has 1 aliphatic rings. The number of fused-ring (bicyclic) bond motifs is 3. The van der Waals surface area contributed by atoms with Crippen LogP contribution in [0.1, 0.15) is 47.1 Å². The summed E-state index contributed by atoms with van der Waals surface area (Å²) in [6.45, 7) is 4.35. The van der Waals surface area contributed by atoms with Crippen molar-refractivity contribution in [1.29, 1.82) is 0 Å². The van der Waals surface area contributed by atoms with E-state index in [4.69, 9.17) is 9.47 Å². The van der Waals surface area contributed by atoms with E-state index in [9.17, 15) is 9.59 Å². The third-order valence-corrected chi connectivity index (χ3v) is 7.19. The minimum atomic E-state index is -0.553. The lowest BCUT2D eigenvalue weighted by molar-refractivity contribution is -0.145. The van der Waals surface area contributed by atoms with Gasteiger partial charge in [-0.1, -0.05) is 91.0 Å². The summed E-state index contributed by atoms with van der Waals surface area (Å²) in [4.78, 5) is 25.4. The maximum absolute atomic E-state index is 13.1. The normalized spacial score (nSPS) is 12.8. The van der Waals surface area contributed by atoms with Crippen molar-refractivity contribution < 1.29 is 19.1 Å². The van der Waals surface area contributed by atoms with E-state index < -0.39 is 6.04 Å². The van der Waals surface area contributed by atoms with Crippen LogP contribution in [0.4, 0.5) is 5.69 Å². The molecule has 4 aromatic carbocycles. The smallest absolute Gasteiger partial charge is 0.328 e. The summed E-state index contributed by atoms with van der Waals surface area (Å²) in [5.41, 5.74) is 8.58. The van der Waals surface area contributed by atoms with Gasteiger partial charge in [0, 0.05) is 18.0 Å². The Morgan fingerprint density at radius 3 is 2.15 bits per heavy atom. The van der Waals surface area contributed by atoms with Crippen LogP contribution in [0.2, 0.25) is 0 Å². The van der Waals surface area contributed by atoms with Crippen LogP contribution in [0.5, 0.6) is 0 Å². The summed E-state index contributed by atoms with van der Waals surface area (Å²) in [6.07, 6.45) is 0.761. The molecule has 0 saturated heterocycles. The highest BCUT2D eigenvalue weighted by Gasteiger charge is 2.29. The quantitative estimate of drug-likeness (QED) is 0.233. The van der Waals surface area contributed by atoms with E-state index in [1.807, 2.05) is 79.7 Å². The Kier molecular flexibility index (Phi) is 8.07. The SMILES string of the molecule is Cc1ccc(CCC(=O)OCc2ccccc2)c(NC(C)C(=O)OCC2c3ccccc3-c3ccccc32)c1. The summed E-state index contributed by atoms with van der Waals surface area (Å²) in [6, 6.07) is 31.7. The lowest BCUT2D eigenvalue weighted by atomic mass is 9.98. The highest BCUT2D eigenvalue weighted by Crippen LogP contribution is 2.44. The molecule has 1 atom stereocenters. The van der Waals surface area contributed by atoms with Crippen molar-refractivity contribution in [3.63, 3.8) is 0 Å². The lowest BCUT2D eigenvalue weighted by Crippen LogP contribution is -2.30.